The smallest absolute Gasteiger partial charge is 0.341 e. The summed E-state index contributed by atoms with van der Waals surface area (Å²) in [5, 5.41) is 0.527. The number of rotatable bonds is 5. The van der Waals surface area contributed by atoms with Gasteiger partial charge in [0.15, 0.2) is 6.61 Å². The number of ether oxygens (including phenoxy) is 2. The third-order valence-corrected chi connectivity index (χ3v) is 5.27. The molecule has 1 aromatic heterocycles. The maximum Gasteiger partial charge on any atom is 0.341 e. The fourth-order valence-electron chi connectivity index (χ4n) is 3.13. The summed E-state index contributed by atoms with van der Waals surface area (Å²) in [5.74, 6) is -1.57. The molecule has 1 aliphatic rings. The van der Waals surface area contributed by atoms with Crippen molar-refractivity contribution in [3.05, 3.63) is 59.3 Å². The van der Waals surface area contributed by atoms with E-state index in [9.17, 15) is 14.4 Å². The van der Waals surface area contributed by atoms with Gasteiger partial charge in [-0.3, -0.25) is 4.79 Å². The van der Waals surface area contributed by atoms with Crippen LogP contribution in [0.25, 0.3) is 0 Å². The SMILES string of the molecule is COC(=O)[C@@H]1Cc2ccccc2CN1C(=O)COC(=O)c1cccnc1SC. The molecule has 146 valence electrons. The molecule has 3 rings (SSSR count). The van der Waals surface area contributed by atoms with Crippen molar-refractivity contribution in [2.45, 2.75) is 24.0 Å². The Morgan fingerprint density at radius 3 is 2.64 bits per heavy atom. The van der Waals surface area contributed by atoms with Crippen LogP contribution in [0.15, 0.2) is 47.6 Å². The Morgan fingerprint density at radius 2 is 1.93 bits per heavy atom. The number of nitrogens with zero attached hydrogens (tertiary/aromatic N) is 2. The van der Waals surface area contributed by atoms with Crippen LogP contribution in [0.5, 0.6) is 0 Å². The average Bonchev–Trinajstić information content (AvgIpc) is 2.75. The summed E-state index contributed by atoms with van der Waals surface area (Å²) in [6, 6.07) is 10.1. The molecule has 2 heterocycles. The predicted molar refractivity (Wildman–Crippen MR) is 103 cm³/mol. The molecule has 7 nitrogen and oxygen atoms in total. The molecule has 1 aliphatic heterocycles. The Hall–Kier alpha value is -2.87. The van der Waals surface area contributed by atoms with Crippen molar-refractivity contribution < 1.29 is 23.9 Å². The molecule has 1 amide bonds. The van der Waals surface area contributed by atoms with Crippen LogP contribution in [0.1, 0.15) is 21.5 Å². The van der Waals surface area contributed by atoms with Crippen LogP contribution in [0.3, 0.4) is 0 Å². The summed E-state index contributed by atoms with van der Waals surface area (Å²) in [5.41, 5.74) is 2.26. The number of hydrogen-bond donors (Lipinski definition) is 0. The molecule has 1 aromatic carbocycles. The third-order valence-electron chi connectivity index (χ3n) is 4.55. The second kappa shape index (κ2) is 8.88. The van der Waals surface area contributed by atoms with E-state index in [4.69, 9.17) is 9.47 Å². The summed E-state index contributed by atoms with van der Waals surface area (Å²) in [7, 11) is 1.29. The van der Waals surface area contributed by atoms with Crippen molar-refractivity contribution in [2.24, 2.45) is 0 Å². The Labute approximate surface area is 167 Å². The number of hydrogen-bond acceptors (Lipinski definition) is 7. The van der Waals surface area contributed by atoms with Gasteiger partial charge in [-0.1, -0.05) is 24.3 Å². The standard InChI is InChI=1S/C20H20N2O5S/c1-26-20(25)16-10-13-6-3-4-7-14(13)11-22(16)17(23)12-27-19(24)15-8-5-9-21-18(15)28-2/h3-9,16H,10-12H2,1-2H3/t16-/m0/s1. The Kier molecular flexibility index (Phi) is 6.30. The lowest BCUT2D eigenvalue weighted by atomic mass is 9.94. The van der Waals surface area contributed by atoms with Crippen molar-refractivity contribution in [1.82, 2.24) is 9.88 Å². The first-order chi connectivity index (χ1) is 13.5. The van der Waals surface area contributed by atoms with Crippen LogP contribution in [-0.4, -0.2) is 53.7 Å². The van der Waals surface area contributed by atoms with Crippen molar-refractivity contribution in [2.75, 3.05) is 20.0 Å². The Morgan fingerprint density at radius 1 is 1.18 bits per heavy atom. The van der Waals surface area contributed by atoms with Gasteiger partial charge in [0.1, 0.15) is 11.1 Å². The van der Waals surface area contributed by atoms with E-state index in [1.54, 1.807) is 24.6 Å². The van der Waals surface area contributed by atoms with E-state index in [2.05, 4.69) is 4.98 Å². The van der Waals surface area contributed by atoms with E-state index in [0.717, 1.165) is 11.1 Å². The van der Waals surface area contributed by atoms with Gasteiger partial charge in [-0.2, -0.15) is 0 Å². The highest BCUT2D eigenvalue weighted by molar-refractivity contribution is 7.98. The molecule has 0 saturated carbocycles. The third kappa shape index (κ3) is 4.17. The van der Waals surface area contributed by atoms with Gasteiger partial charge in [0.2, 0.25) is 0 Å². The number of aromatic nitrogens is 1. The lowest BCUT2D eigenvalue weighted by molar-refractivity contribution is -0.155. The van der Waals surface area contributed by atoms with Crippen molar-refractivity contribution in [1.29, 1.82) is 0 Å². The van der Waals surface area contributed by atoms with E-state index < -0.39 is 30.5 Å². The highest BCUT2D eigenvalue weighted by Gasteiger charge is 2.35. The van der Waals surface area contributed by atoms with Gasteiger partial charge in [0.25, 0.3) is 5.91 Å². The van der Waals surface area contributed by atoms with Crippen molar-refractivity contribution in [3.63, 3.8) is 0 Å². The van der Waals surface area contributed by atoms with Gasteiger partial charge in [-0.15, -0.1) is 11.8 Å². The number of benzene rings is 1. The van der Waals surface area contributed by atoms with E-state index >= 15 is 0 Å². The highest BCUT2D eigenvalue weighted by atomic mass is 32.2. The maximum atomic E-state index is 12.7. The second-order valence-electron chi connectivity index (χ2n) is 6.17. The van der Waals surface area contributed by atoms with Crippen molar-refractivity contribution in [3.8, 4) is 0 Å². The summed E-state index contributed by atoms with van der Waals surface area (Å²) >= 11 is 1.32. The average molecular weight is 400 g/mol. The van der Waals surface area contributed by atoms with E-state index in [1.165, 1.54) is 23.8 Å². The fourth-order valence-corrected chi connectivity index (χ4v) is 3.67. The number of methoxy groups -OCH3 is 1. The lowest BCUT2D eigenvalue weighted by Gasteiger charge is -2.35. The number of carbonyl (C=O) groups is 3. The number of amides is 1. The quantitative estimate of drug-likeness (QED) is 0.561. The number of thioether (sulfide) groups is 1. The number of fused-ring (bicyclic) bond motifs is 1. The van der Waals surface area contributed by atoms with Gasteiger partial charge in [-0.05, 0) is 29.5 Å². The molecule has 8 heteroatoms. The minimum atomic E-state index is -0.744. The zero-order valence-electron chi connectivity index (χ0n) is 15.6. The van der Waals surface area contributed by atoms with Crippen LogP contribution in [0, 0.1) is 0 Å². The normalized spacial score (nSPS) is 15.5. The predicted octanol–water partition coefficient (Wildman–Crippen LogP) is 2.09. The second-order valence-corrected chi connectivity index (χ2v) is 6.96. The molecule has 0 N–H and O–H groups in total. The van der Waals surface area contributed by atoms with Crippen LogP contribution in [0.2, 0.25) is 0 Å². The molecule has 0 aliphatic carbocycles. The van der Waals surface area contributed by atoms with Gasteiger partial charge in [-0.25, -0.2) is 14.6 Å². The zero-order valence-corrected chi connectivity index (χ0v) is 16.4. The number of esters is 2. The monoisotopic (exact) mass is 400 g/mol. The molecule has 2 aromatic rings. The lowest BCUT2D eigenvalue weighted by Crippen LogP contribution is -2.50. The zero-order chi connectivity index (χ0) is 20.1. The first-order valence-corrected chi connectivity index (χ1v) is 9.87. The van der Waals surface area contributed by atoms with Gasteiger partial charge >= 0.3 is 11.9 Å². The molecule has 28 heavy (non-hydrogen) atoms. The van der Waals surface area contributed by atoms with Crippen molar-refractivity contribution >= 4 is 29.6 Å². The van der Waals surface area contributed by atoms with E-state index in [-0.39, 0.29) is 6.54 Å². The molecule has 0 spiro atoms. The van der Waals surface area contributed by atoms with E-state index in [0.29, 0.717) is 17.0 Å². The topological polar surface area (TPSA) is 85.8 Å². The Balaban J connectivity index is 1.73. The first-order valence-electron chi connectivity index (χ1n) is 8.65. The van der Waals surface area contributed by atoms with Crippen LogP contribution >= 0.6 is 11.8 Å². The fraction of sp³-hybridized carbons (Fsp3) is 0.300. The summed E-state index contributed by atoms with van der Waals surface area (Å²) in [6.45, 7) is -0.202. The molecule has 0 radical (unpaired) electrons. The van der Waals surface area contributed by atoms with Crippen LogP contribution in [-0.2, 0) is 32.0 Å². The maximum absolute atomic E-state index is 12.7. The van der Waals surface area contributed by atoms with Crippen LogP contribution in [0.4, 0.5) is 0 Å². The number of pyridine rings is 1. The summed E-state index contributed by atoms with van der Waals surface area (Å²) < 4.78 is 10.1. The molecule has 0 fully saturated rings. The van der Waals surface area contributed by atoms with Gasteiger partial charge < -0.3 is 14.4 Å². The molecular formula is C20H20N2O5S. The van der Waals surface area contributed by atoms with Gasteiger partial charge in [0.05, 0.1) is 12.7 Å². The molecule has 0 saturated heterocycles. The summed E-state index contributed by atoms with van der Waals surface area (Å²) in [4.78, 5) is 42.8. The largest absolute Gasteiger partial charge is 0.467 e. The van der Waals surface area contributed by atoms with Crippen LogP contribution < -0.4 is 0 Å². The molecule has 0 bridgehead atoms. The molecule has 0 unspecified atom stereocenters. The Bertz CT molecular complexity index is 902. The van der Waals surface area contributed by atoms with E-state index in [1.807, 2.05) is 24.3 Å². The number of carbonyl (C=O) groups excluding carboxylic acids is 3. The minimum absolute atomic E-state index is 0.259. The molecular weight excluding hydrogens is 380 g/mol. The molecule has 1 atom stereocenters. The minimum Gasteiger partial charge on any atom is -0.467 e. The first kappa shape index (κ1) is 19.9. The highest BCUT2D eigenvalue weighted by Crippen LogP contribution is 2.24. The van der Waals surface area contributed by atoms with Gasteiger partial charge in [0, 0.05) is 19.2 Å². The summed E-state index contributed by atoms with van der Waals surface area (Å²) in [6.07, 6.45) is 3.75.